The van der Waals surface area contributed by atoms with Crippen molar-refractivity contribution in [2.24, 2.45) is 7.05 Å². The summed E-state index contributed by atoms with van der Waals surface area (Å²) in [6.45, 7) is 1.98. The molecular formula is C16H21BrN4O. The van der Waals surface area contributed by atoms with Crippen LogP contribution in [0, 0.1) is 6.92 Å². The van der Waals surface area contributed by atoms with E-state index < -0.39 is 0 Å². The minimum absolute atomic E-state index is 0.318. The molecule has 0 radical (unpaired) electrons. The lowest BCUT2D eigenvalue weighted by Gasteiger charge is -2.23. The number of hydrogen-bond donors (Lipinski definition) is 0. The molecule has 1 saturated carbocycles. The van der Waals surface area contributed by atoms with Gasteiger partial charge < -0.3 is 4.74 Å². The molecule has 5 nitrogen and oxygen atoms in total. The van der Waals surface area contributed by atoms with Gasteiger partial charge in [0.05, 0.1) is 35.4 Å². The minimum atomic E-state index is 0.318. The largest absolute Gasteiger partial charge is 0.487 e. The fraction of sp³-hybridized carbons (Fsp3) is 0.562. The Morgan fingerprint density at radius 3 is 2.73 bits per heavy atom. The third-order valence-corrected chi connectivity index (χ3v) is 4.74. The van der Waals surface area contributed by atoms with Crippen molar-refractivity contribution in [3.8, 4) is 17.1 Å². The van der Waals surface area contributed by atoms with Crippen LogP contribution in [0.2, 0.25) is 0 Å². The molecule has 2 heterocycles. The van der Waals surface area contributed by atoms with Crippen LogP contribution in [-0.4, -0.2) is 25.9 Å². The fourth-order valence-electron chi connectivity index (χ4n) is 2.87. The summed E-state index contributed by atoms with van der Waals surface area (Å²) in [4.78, 5) is 9.11. The Hall–Kier alpha value is -1.43. The average Bonchev–Trinajstić information content (AvgIpc) is 2.91. The zero-order valence-corrected chi connectivity index (χ0v) is 14.6. The Balaban J connectivity index is 1.82. The van der Waals surface area contributed by atoms with Gasteiger partial charge in [-0.05, 0) is 32.6 Å². The molecule has 0 bridgehead atoms. The molecule has 0 saturated heterocycles. The monoisotopic (exact) mass is 364 g/mol. The summed E-state index contributed by atoms with van der Waals surface area (Å²) in [5.74, 6) is 1.51. The van der Waals surface area contributed by atoms with Gasteiger partial charge in [-0.25, -0.2) is 9.97 Å². The molecule has 0 unspecified atom stereocenters. The Morgan fingerprint density at radius 2 is 2.05 bits per heavy atom. The first kappa shape index (κ1) is 15.5. The summed E-state index contributed by atoms with van der Waals surface area (Å²) in [6, 6.07) is 0. The van der Waals surface area contributed by atoms with Gasteiger partial charge in [0.25, 0.3) is 0 Å². The summed E-state index contributed by atoms with van der Waals surface area (Å²) < 4.78 is 7.93. The van der Waals surface area contributed by atoms with E-state index in [1.807, 2.05) is 24.9 Å². The Morgan fingerprint density at radius 1 is 1.27 bits per heavy atom. The number of halogens is 1. The van der Waals surface area contributed by atoms with Crippen LogP contribution in [0.25, 0.3) is 11.4 Å². The highest BCUT2D eigenvalue weighted by Crippen LogP contribution is 2.27. The highest BCUT2D eigenvalue weighted by Gasteiger charge is 2.18. The van der Waals surface area contributed by atoms with Crippen LogP contribution in [-0.2, 0) is 12.4 Å². The topological polar surface area (TPSA) is 52.8 Å². The van der Waals surface area contributed by atoms with E-state index in [2.05, 4.69) is 31.0 Å². The van der Waals surface area contributed by atoms with Crippen LogP contribution < -0.4 is 4.74 Å². The lowest BCUT2D eigenvalue weighted by atomic mass is 9.98. The van der Waals surface area contributed by atoms with Crippen LogP contribution in [0.3, 0.4) is 0 Å². The van der Waals surface area contributed by atoms with E-state index in [1.54, 1.807) is 6.20 Å². The van der Waals surface area contributed by atoms with Crippen molar-refractivity contribution >= 4 is 15.9 Å². The Bertz CT molecular complexity index is 650. The molecule has 1 fully saturated rings. The van der Waals surface area contributed by atoms with Crippen molar-refractivity contribution in [3.05, 3.63) is 23.8 Å². The van der Waals surface area contributed by atoms with E-state index >= 15 is 0 Å². The van der Waals surface area contributed by atoms with Crippen molar-refractivity contribution in [2.75, 3.05) is 0 Å². The van der Waals surface area contributed by atoms with E-state index in [9.17, 15) is 0 Å². The van der Waals surface area contributed by atoms with Crippen molar-refractivity contribution in [2.45, 2.75) is 50.5 Å². The van der Waals surface area contributed by atoms with E-state index in [4.69, 9.17) is 4.74 Å². The van der Waals surface area contributed by atoms with Gasteiger partial charge in [0.15, 0.2) is 11.6 Å². The molecule has 2 aromatic heterocycles. The van der Waals surface area contributed by atoms with Gasteiger partial charge in [-0.1, -0.05) is 22.4 Å². The van der Waals surface area contributed by atoms with Crippen molar-refractivity contribution in [1.29, 1.82) is 0 Å². The van der Waals surface area contributed by atoms with Crippen LogP contribution in [0.1, 0.15) is 43.5 Å². The van der Waals surface area contributed by atoms with Crippen molar-refractivity contribution in [3.63, 3.8) is 0 Å². The Kier molecular flexibility index (Phi) is 4.76. The minimum Gasteiger partial charge on any atom is -0.487 e. The molecule has 0 spiro atoms. The predicted molar refractivity (Wildman–Crippen MR) is 89.1 cm³/mol. The van der Waals surface area contributed by atoms with E-state index in [-0.39, 0.29) is 0 Å². The molecule has 6 heteroatoms. The molecule has 1 aliphatic carbocycles. The fourth-order valence-corrected chi connectivity index (χ4v) is 3.54. The standard InChI is InChI=1S/C16H21BrN4O/c1-11-15(22-12-6-4-3-5-7-12)10-18-16(20-11)13-9-19-21(2)14(13)8-17/h9-10,12H,3-8H2,1-2H3. The lowest BCUT2D eigenvalue weighted by Crippen LogP contribution is -2.20. The second-order valence-electron chi connectivity index (χ2n) is 5.78. The lowest BCUT2D eigenvalue weighted by molar-refractivity contribution is 0.152. The maximum atomic E-state index is 6.08. The summed E-state index contributed by atoms with van der Waals surface area (Å²) in [6.07, 6.45) is 10.0. The van der Waals surface area contributed by atoms with Gasteiger partial charge in [-0.15, -0.1) is 0 Å². The van der Waals surface area contributed by atoms with Gasteiger partial charge in [0, 0.05) is 12.4 Å². The smallest absolute Gasteiger partial charge is 0.163 e. The van der Waals surface area contributed by atoms with E-state index in [1.165, 1.54) is 19.3 Å². The van der Waals surface area contributed by atoms with Gasteiger partial charge in [0.1, 0.15) is 0 Å². The molecule has 0 atom stereocenters. The van der Waals surface area contributed by atoms with Gasteiger partial charge in [-0.3, -0.25) is 4.68 Å². The molecule has 0 aliphatic heterocycles. The van der Waals surface area contributed by atoms with Gasteiger partial charge in [-0.2, -0.15) is 5.10 Å². The first-order valence-electron chi connectivity index (χ1n) is 7.76. The second-order valence-corrected chi connectivity index (χ2v) is 6.34. The molecule has 1 aliphatic rings. The summed E-state index contributed by atoms with van der Waals surface area (Å²) in [5, 5.41) is 5.01. The predicted octanol–water partition coefficient (Wildman–Crippen LogP) is 3.79. The number of hydrogen-bond acceptors (Lipinski definition) is 4. The number of nitrogens with zero attached hydrogens (tertiary/aromatic N) is 4. The number of aryl methyl sites for hydroxylation is 2. The summed E-state index contributed by atoms with van der Waals surface area (Å²) in [7, 11) is 1.92. The van der Waals surface area contributed by atoms with Gasteiger partial charge in [0.2, 0.25) is 0 Å². The molecule has 0 amide bonds. The second kappa shape index (κ2) is 6.77. The quantitative estimate of drug-likeness (QED) is 0.774. The van der Waals surface area contributed by atoms with E-state index in [0.717, 1.165) is 40.9 Å². The molecule has 118 valence electrons. The normalized spacial score (nSPS) is 16.0. The molecule has 2 aromatic rings. The van der Waals surface area contributed by atoms with Crippen molar-refractivity contribution in [1.82, 2.24) is 19.7 Å². The first-order chi connectivity index (χ1) is 10.7. The third-order valence-electron chi connectivity index (χ3n) is 4.21. The maximum absolute atomic E-state index is 6.08. The zero-order valence-electron chi connectivity index (χ0n) is 13.0. The molecule has 0 N–H and O–H groups in total. The number of aromatic nitrogens is 4. The highest BCUT2D eigenvalue weighted by atomic mass is 79.9. The van der Waals surface area contributed by atoms with Crippen LogP contribution in [0.4, 0.5) is 0 Å². The summed E-state index contributed by atoms with van der Waals surface area (Å²) in [5.41, 5.74) is 2.92. The Labute approximate surface area is 139 Å². The highest BCUT2D eigenvalue weighted by molar-refractivity contribution is 9.08. The first-order valence-corrected chi connectivity index (χ1v) is 8.88. The van der Waals surface area contributed by atoms with E-state index in [0.29, 0.717) is 11.9 Å². The number of rotatable bonds is 4. The molecule has 3 rings (SSSR count). The number of ether oxygens (including phenoxy) is 1. The maximum Gasteiger partial charge on any atom is 0.163 e. The van der Waals surface area contributed by atoms with Crippen LogP contribution in [0.5, 0.6) is 5.75 Å². The van der Waals surface area contributed by atoms with Crippen molar-refractivity contribution < 1.29 is 4.74 Å². The molecular weight excluding hydrogens is 344 g/mol. The zero-order chi connectivity index (χ0) is 15.5. The molecule has 0 aromatic carbocycles. The van der Waals surface area contributed by atoms with Crippen LogP contribution >= 0.6 is 15.9 Å². The number of alkyl halides is 1. The van der Waals surface area contributed by atoms with Gasteiger partial charge >= 0.3 is 0 Å². The van der Waals surface area contributed by atoms with Crippen LogP contribution in [0.15, 0.2) is 12.4 Å². The molecule has 22 heavy (non-hydrogen) atoms. The average molecular weight is 365 g/mol. The summed E-state index contributed by atoms with van der Waals surface area (Å²) >= 11 is 3.49. The SMILES string of the molecule is Cc1nc(-c2cnn(C)c2CBr)ncc1OC1CCCCC1. The third kappa shape index (κ3) is 3.16.